The van der Waals surface area contributed by atoms with Crippen LogP contribution in [-0.2, 0) is 4.74 Å². The Labute approximate surface area is 87.6 Å². The summed E-state index contributed by atoms with van der Waals surface area (Å²) >= 11 is 0. The first-order valence-electron chi connectivity index (χ1n) is 5.95. The molecule has 0 spiro atoms. The first-order valence-corrected chi connectivity index (χ1v) is 5.95. The Balaban J connectivity index is 1.87. The predicted octanol–water partition coefficient (Wildman–Crippen LogP) is 2.14. The average Bonchev–Trinajstić information content (AvgIpc) is 2.51. The molecule has 2 saturated heterocycles. The van der Waals surface area contributed by atoms with Crippen LogP contribution in [0.2, 0.25) is 0 Å². The molecule has 2 nitrogen and oxygen atoms in total. The molecule has 82 valence electrons. The Hall–Kier alpha value is -0.0800. The predicted molar refractivity (Wildman–Crippen MR) is 58.4 cm³/mol. The second-order valence-electron chi connectivity index (χ2n) is 5.51. The summed E-state index contributed by atoms with van der Waals surface area (Å²) in [4.78, 5) is 2.63. The molecule has 0 radical (unpaired) electrons. The van der Waals surface area contributed by atoms with E-state index in [-0.39, 0.29) is 0 Å². The zero-order valence-electron chi connectivity index (χ0n) is 9.75. The van der Waals surface area contributed by atoms with Crippen molar-refractivity contribution in [3.05, 3.63) is 0 Å². The molecule has 1 unspecified atom stereocenters. The number of hydrogen-bond donors (Lipinski definition) is 0. The summed E-state index contributed by atoms with van der Waals surface area (Å²) in [5.41, 5.74) is 0.527. The van der Waals surface area contributed by atoms with Crippen LogP contribution in [0.15, 0.2) is 0 Å². The molecule has 2 heterocycles. The van der Waals surface area contributed by atoms with Gasteiger partial charge in [-0.05, 0) is 24.3 Å². The van der Waals surface area contributed by atoms with Crippen LogP contribution in [0.25, 0.3) is 0 Å². The van der Waals surface area contributed by atoms with Crippen molar-refractivity contribution in [3.8, 4) is 0 Å². The maximum atomic E-state index is 5.25. The lowest BCUT2D eigenvalue weighted by molar-refractivity contribution is -0.0595. The third-order valence-electron chi connectivity index (χ3n) is 4.37. The van der Waals surface area contributed by atoms with Gasteiger partial charge in [-0.3, -0.25) is 4.90 Å². The Bertz CT molecular complexity index is 198. The fourth-order valence-corrected chi connectivity index (χ4v) is 2.48. The molecule has 0 N–H and O–H groups in total. The molecule has 2 aliphatic heterocycles. The molecule has 2 aliphatic rings. The summed E-state index contributed by atoms with van der Waals surface area (Å²) in [6.07, 6.45) is 2.68. The van der Waals surface area contributed by atoms with Crippen molar-refractivity contribution in [1.82, 2.24) is 4.90 Å². The van der Waals surface area contributed by atoms with Crippen LogP contribution in [0.5, 0.6) is 0 Å². The van der Waals surface area contributed by atoms with E-state index in [1.54, 1.807) is 0 Å². The molecule has 0 aromatic rings. The van der Waals surface area contributed by atoms with Crippen molar-refractivity contribution in [2.45, 2.75) is 39.7 Å². The smallest absolute Gasteiger partial charge is 0.0645 e. The number of likely N-dealkylation sites (tertiary alicyclic amines) is 1. The zero-order chi connectivity index (χ0) is 10.2. The van der Waals surface area contributed by atoms with Crippen molar-refractivity contribution in [3.63, 3.8) is 0 Å². The van der Waals surface area contributed by atoms with Gasteiger partial charge in [-0.1, -0.05) is 27.2 Å². The van der Waals surface area contributed by atoms with Gasteiger partial charge in [0.2, 0.25) is 0 Å². The van der Waals surface area contributed by atoms with E-state index in [0.29, 0.717) is 5.41 Å². The molecule has 0 aromatic carbocycles. The van der Waals surface area contributed by atoms with Crippen LogP contribution >= 0.6 is 0 Å². The number of nitrogens with zero attached hydrogens (tertiary/aromatic N) is 1. The van der Waals surface area contributed by atoms with Crippen molar-refractivity contribution in [2.75, 3.05) is 26.3 Å². The molecular weight excluding hydrogens is 174 g/mol. The Morgan fingerprint density at radius 1 is 1.36 bits per heavy atom. The highest BCUT2D eigenvalue weighted by molar-refractivity contribution is 4.90. The topological polar surface area (TPSA) is 12.5 Å². The quantitative estimate of drug-likeness (QED) is 0.687. The second kappa shape index (κ2) is 3.82. The van der Waals surface area contributed by atoms with E-state index in [1.807, 2.05) is 0 Å². The number of rotatable bonds is 3. The standard InChI is InChI=1S/C12H23NO/c1-4-12(2,3)10-5-6-13(7-10)11-8-14-9-11/h10-11H,4-9H2,1-3H3. The molecule has 1 atom stereocenters. The van der Waals surface area contributed by atoms with E-state index in [2.05, 4.69) is 25.7 Å². The Morgan fingerprint density at radius 3 is 2.57 bits per heavy atom. The molecule has 0 saturated carbocycles. The molecule has 2 fully saturated rings. The van der Waals surface area contributed by atoms with E-state index in [4.69, 9.17) is 4.74 Å². The highest BCUT2D eigenvalue weighted by Crippen LogP contribution is 2.37. The highest BCUT2D eigenvalue weighted by atomic mass is 16.5. The lowest BCUT2D eigenvalue weighted by Gasteiger charge is -2.36. The van der Waals surface area contributed by atoms with E-state index >= 15 is 0 Å². The molecule has 0 aromatic heterocycles. The van der Waals surface area contributed by atoms with Gasteiger partial charge < -0.3 is 4.74 Å². The third kappa shape index (κ3) is 1.82. The lowest BCUT2D eigenvalue weighted by atomic mass is 9.76. The SMILES string of the molecule is CCC(C)(C)C1CCN(C2COC2)C1. The minimum Gasteiger partial charge on any atom is -0.378 e. The minimum atomic E-state index is 0.527. The van der Waals surface area contributed by atoms with Crippen molar-refractivity contribution in [1.29, 1.82) is 0 Å². The molecular formula is C12H23NO. The Morgan fingerprint density at radius 2 is 2.07 bits per heavy atom. The molecule has 2 rings (SSSR count). The van der Waals surface area contributed by atoms with Gasteiger partial charge in [0.15, 0.2) is 0 Å². The van der Waals surface area contributed by atoms with Gasteiger partial charge in [0.05, 0.1) is 19.3 Å². The number of hydrogen-bond acceptors (Lipinski definition) is 2. The minimum absolute atomic E-state index is 0.527. The second-order valence-corrected chi connectivity index (χ2v) is 5.51. The lowest BCUT2D eigenvalue weighted by Crippen LogP contribution is -2.48. The van der Waals surface area contributed by atoms with Crippen molar-refractivity contribution in [2.24, 2.45) is 11.3 Å². The summed E-state index contributed by atoms with van der Waals surface area (Å²) in [6.45, 7) is 11.7. The maximum absolute atomic E-state index is 5.25. The average molecular weight is 197 g/mol. The summed E-state index contributed by atoms with van der Waals surface area (Å²) in [5, 5.41) is 0. The van der Waals surface area contributed by atoms with E-state index in [1.165, 1.54) is 25.9 Å². The molecule has 14 heavy (non-hydrogen) atoms. The van der Waals surface area contributed by atoms with E-state index in [9.17, 15) is 0 Å². The first-order chi connectivity index (χ1) is 6.63. The fraction of sp³-hybridized carbons (Fsp3) is 1.00. The van der Waals surface area contributed by atoms with Crippen LogP contribution in [0.3, 0.4) is 0 Å². The molecule has 0 aliphatic carbocycles. The van der Waals surface area contributed by atoms with Gasteiger partial charge in [-0.15, -0.1) is 0 Å². The van der Waals surface area contributed by atoms with Crippen LogP contribution in [-0.4, -0.2) is 37.2 Å². The normalized spacial score (nSPS) is 30.6. The monoisotopic (exact) mass is 197 g/mol. The first kappa shape index (κ1) is 10.4. The van der Waals surface area contributed by atoms with Gasteiger partial charge in [0.1, 0.15) is 0 Å². The van der Waals surface area contributed by atoms with Crippen LogP contribution in [0, 0.1) is 11.3 Å². The highest BCUT2D eigenvalue weighted by Gasteiger charge is 2.38. The fourth-order valence-electron chi connectivity index (χ4n) is 2.48. The van der Waals surface area contributed by atoms with E-state index in [0.717, 1.165) is 25.2 Å². The molecule has 0 amide bonds. The van der Waals surface area contributed by atoms with Gasteiger partial charge in [-0.25, -0.2) is 0 Å². The molecule has 2 heteroatoms. The van der Waals surface area contributed by atoms with Crippen LogP contribution < -0.4 is 0 Å². The van der Waals surface area contributed by atoms with Gasteiger partial charge in [-0.2, -0.15) is 0 Å². The molecule has 0 bridgehead atoms. The van der Waals surface area contributed by atoms with Crippen molar-refractivity contribution >= 4 is 0 Å². The zero-order valence-corrected chi connectivity index (χ0v) is 9.75. The largest absolute Gasteiger partial charge is 0.378 e. The third-order valence-corrected chi connectivity index (χ3v) is 4.37. The van der Waals surface area contributed by atoms with E-state index < -0.39 is 0 Å². The van der Waals surface area contributed by atoms with Gasteiger partial charge in [0.25, 0.3) is 0 Å². The maximum Gasteiger partial charge on any atom is 0.0645 e. The summed E-state index contributed by atoms with van der Waals surface area (Å²) in [5.74, 6) is 0.896. The summed E-state index contributed by atoms with van der Waals surface area (Å²) in [7, 11) is 0. The number of ether oxygens (including phenoxy) is 1. The Kier molecular flexibility index (Phi) is 2.85. The summed E-state index contributed by atoms with van der Waals surface area (Å²) < 4.78 is 5.25. The van der Waals surface area contributed by atoms with Gasteiger partial charge in [0, 0.05) is 6.54 Å². The van der Waals surface area contributed by atoms with Gasteiger partial charge >= 0.3 is 0 Å². The van der Waals surface area contributed by atoms with Crippen LogP contribution in [0.1, 0.15) is 33.6 Å². The summed E-state index contributed by atoms with van der Waals surface area (Å²) in [6, 6.07) is 0.743. The van der Waals surface area contributed by atoms with Crippen molar-refractivity contribution < 1.29 is 4.74 Å². The van der Waals surface area contributed by atoms with Crippen LogP contribution in [0.4, 0.5) is 0 Å².